The van der Waals surface area contributed by atoms with E-state index in [1.54, 1.807) is 42.7 Å². The molecule has 7 nitrogen and oxygen atoms in total. The van der Waals surface area contributed by atoms with Crippen molar-refractivity contribution in [2.45, 2.75) is 39.3 Å². The standard InChI is InChI=1S/C22H23F3N4O3/c1-12-11-28(21(30)32-22(2,3)4)9-10-29(12)20-27-18-17(25)16(24)15(23)14(19(18)31-20)13-7-5-6-8-26-13/h5-8,12H,9-11H2,1-4H3/t12-/m0/s1. The molecule has 1 fully saturated rings. The Balaban J connectivity index is 1.68. The molecular weight excluding hydrogens is 425 g/mol. The fourth-order valence-electron chi connectivity index (χ4n) is 3.63. The van der Waals surface area contributed by atoms with Crippen molar-refractivity contribution in [3.63, 3.8) is 0 Å². The number of oxazole rings is 1. The van der Waals surface area contributed by atoms with E-state index < -0.39 is 34.7 Å². The van der Waals surface area contributed by atoms with E-state index in [0.29, 0.717) is 19.6 Å². The van der Waals surface area contributed by atoms with Crippen LogP contribution in [0.3, 0.4) is 0 Å². The Bertz CT molecular complexity index is 1160. The van der Waals surface area contributed by atoms with Gasteiger partial charge in [0.15, 0.2) is 28.6 Å². The normalized spacial score (nSPS) is 17.2. The van der Waals surface area contributed by atoms with Gasteiger partial charge in [-0.15, -0.1) is 0 Å². The molecule has 1 saturated heterocycles. The minimum atomic E-state index is -1.64. The molecule has 0 unspecified atom stereocenters. The van der Waals surface area contributed by atoms with Crippen molar-refractivity contribution in [3.8, 4) is 11.3 Å². The van der Waals surface area contributed by atoms with Crippen molar-refractivity contribution in [2.24, 2.45) is 0 Å². The Morgan fingerprint density at radius 3 is 2.53 bits per heavy atom. The van der Waals surface area contributed by atoms with Crippen molar-refractivity contribution in [1.82, 2.24) is 14.9 Å². The summed E-state index contributed by atoms with van der Waals surface area (Å²) in [5, 5.41) is 0. The zero-order valence-corrected chi connectivity index (χ0v) is 18.2. The Morgan fingerprint density at radius 1 is 1.16 bits per heavy atom. The van der Waals surface area contributed by atoms with E-state index in [9.17, 15) is 18.0 Å². The summed E-state index contributed by atoms with van der Waals surface area (Å²) < 4.78 is 54.6. The van der Waals surface area contributed by atoms with Crippen LogP contribution in [0.4, 0.5) is 24.0 Å². The Kier molecular flexibility index (Phi) is 5.47. The third-order valence-corrected chi connectivity index (χ3v) is 5.10. The molecule has 0 radical (unpaired) electrons. The lowest BCUT2D eigenvalue weighted by atomic mass is 10.1. The van der Waals surface area contributed by atoms with Gasteiger partial charge in [-0.25, -0.2) is 18.0 Å². The first-order valence-electron chi connectivity index (χ1n) is 10.2. The summed E-state index contributed by atoms with van der Waals surface area (Å²) in [5.41, 5.74) is -1.46. The van der Waals surface area contributed by atoms with Gasteiger partial charge in [0.25, 0.3) is 6.01 Å². The van der Waals surface area contributed by atoms with Gasteiger partial charge in [-0.1, -0.05) is 6.07 Å². The highest BCUT2D eigenvalue weighted by molar-refractivity contribution is 5.91. The van der Waals surface area contributed by atoms with Crippen molar-refractivity contribution in [3.05, 3.63) is 41.8 Å². The first-order chi connectivity index (χ1) is 15.1. The maximum Gasteiger partial charge on any atom is 0.410 e. The summed E-state index contributed by atoms with van der Waals surface area (Å²) in [6.07, 6.45) is 0.978. The van der Waals surface area contributed by atoms with E-state index in [4.69, 9.17) is 9.15 Å². The third-order valence-electron chi connectivity index (χ3n) is 5.10. The first-order valence-corrected chi connectivity index (χ1v) is 10.2. The third kappa shape index (κ3) is 3.96. The first kappa shape index (κ1) is 21.9. The summed E-state index contributed by atoms with van der Waals surface area (Å²) in [6.45, 7) is 8.14. The Hall–Kier alpha value is -3.30. The Labute approximate surface area is 182 Å². The highest BCUT2D eigenvalue weighted by Gasteiger charge is 2.34. The fourth-order valence-corrected chi connectivity index (χ4v) is 3.63. The number of ether oxygens (including phenoxy) is 1. The van der Waals surface area contributed by atoms with Gasteiger partial charge in [-0.2, -0.15) is 4.98 Å². The molecule has 0 N–H and O–H groups in total. The van der Waals surface area contributed by atoms with Crippen molar-refractivity contribution < 1.29 is 27.1 Å². The van der Waals surface area contributed by atoms with Crippen LogP contribution >= 0.6 is 0 Å². The molecule has 2 aromatic heterocycles. The molecule has 1 aromatic carbocycles. The summed E-state index contributed by atoms with van der Waals surface area (Å²) in [6, 6.07) is 4.44. The highest BCUT2D eigenvalue weighted by atomic mass is 19.2. The smallest absolute Gasteiger partial charge is 0.410 e. The monoisotopic (exact) mass is 448 g/mol. The lowest BCUT2D eigenvalue weighted by molar-refractivity contribution is 0.0216. The zero-order chi connectivity index (χ0) is 23.2. The molecule has 0 aliphatic carbocycles. The lowest BCUT2D eigenvalue weighted by Crippen LogP contribution is -2.54. The van der Waals surface area contributed by atoms with Crippen LogP contribution in [0.2, 0.25) is 0 Å². The molecule has 0 saturated carbocycles. The number of piperazine rings is 1. The topological polar surface area (TPSA) is 71.7 Å². The molecule has 1 aliphatic rings. The second-order valence-corrected chi connectivity index (χ2v) is 8.67. The summed E-state index contributed by atoms with van der Waals surface area (Å²) >= 11 is 0. The van der Waals surface area contributed by atoms with Crippen LogP contribution < -0.4 is 4.90 Å². The molecule has 1 amide bonds. The maximum atomic E-state index is 14.7. The maximum absolute atomic E-state index is 14.7. The number of amides is 1. The second-order valence-electron chi connectivity index (χ2n) is 8.67. The number of carbonyl (C=O) groups excluding carboxylic acids is 1. The number of hydrogen-bond acceptors (Lipinski definition) is 6. The van der Waals surface area contributed by atoms with Gasteiger partial charge in [0, 0.05) is 31.9 Å². The molecule has 10 heteroatoms. The average molecular weight is 448 g/mol. The predicted octanol–water partition coefficient (Wildman–Crippen LogP) is 4.75. The number of carbonyl (C=O) groups is 1. The van der Waals surface area contributed by atoms with Crippen molar-refractivity contribution >= 4 is 23.2 Å². The number of benzene rings is 1. The number of nitrogens with zero attached hydrogens (tertiary/aromatic N) is 4. The SMILES string of the molecule is C[C@H]1CN(C(=O)OC(C)(C)C)CCN1c1nc2c(F)c(F)c(F)c(-c3ccccn3)c2o1. The largest absolute Gasteiger partial charge is 0.444 e. The quantitative estimate of drug-likeness (QED) is 0.527. The van der Waals surface area contributed by atoms with E-state index in [1.807, 2.05) is 6.92 Å². The van der Waals surface area contributed by atoms with Gasteiger partial charge in [-0.3, -0.25) is 4.98 Å². The summed E-state index contributed by atoms with van der Waals surface area (Å²) in [7, 11) is 0. The molecule has 3 heterocycles. The van der Waals surface area contributed by atoms with Gasteiger partial charge in [0.05, 0.1) is 11.3 Å². The van der Waals surface area contributed by atoms with Gasteiger partial charge in [-0.05, 0) is 39.8 Å². The van der Waals surface area contributed by atoms with Gasteiger partial charge >= 0.3 is 6.09 Å². The van der Waals surface area contributed by atoms with Crippen LogP contribution in [0.25, 0.3) is 22.4 Å². The molecule has 32 heavy (non-hydrogen) atoms. The van der Waals surface area contributed by atoms with E-state index in [2.05, 4.69) is 9.97 Å². The highest BCUT2D eigenvalue weighted by Crippen LogP contribution is 2.37. The molecule has 3 aromatic rings. The summed E-state index contributed by atoms with van der Waals surface area (Å²) in [4.78, 5) is 23.8. The van der Waals surface area contributed by atoms with Gasteiger partial charge in [0.1, 0.15) is 5.60 Å². The van der Waals surface area contributed by atoms with E-state index >= 15 is 0 Å². The average Bonchev–Trinajstić information content (AvgIpc) is 3.16. The van der Waals surface area contributed by atoms with Crippen LogP contribution in [0, 0.1) is 17.5 Å². The van der Waals surface area contributed by atoms with Crippen molar-refractivity contribution in [1.29, 1.82) is 0 Å². The van der Waals surface area contributed by atoms with Crippen LogP contribution in [0.1, 0.15) is 27.7 Å². The van der Waals surface area contributed by atoms with Gasteiger partial charge < -0.3 is 19.0 Å². The Morgan fingerprint density at radius 2 is 1.91 bits per heavy atom. The molecule has 0 spiro atoms. The fraction of sp³-hybridized carbons (Fsp3) is 0.409. The van der Waals surface area contributed by atoms with E-state index in [0.717, 1.165) is 0 Å². The number of hydrogen-bond donors (Lipinski definition) is 0. The number of aromatic nitrogens is 2. The second kappa shape index (κ2) is 7.99. The molecule has 0 bridgehead atoms. The number of fused-ring (bicyclic) bond motifs is 1. The molecule has 1 aliphatic heterocycles. The van der Waals surface area contributed by atoms with E-state index in [-0.39, 0.29) is 28.9 Å². The van der Waals surface area contributed by atoms with Crippen LogP contribution in [-0.2, 0) is 4.74 Å². The minimum Gasteiger partial charge on any atom is -0.444 e. The molecule has 170 valence electrons. The van der Waals surface area contributed by atoms with E-state index in [1.165, 1.54) is 12.3 Å². The van der Waals surface area contributed by atoms with Crippen molar-refractivity contribution in [2.75, 3.05) is 24.5 Å². The lowest BCUT2D eigenvalue weighted by Gasteiger charge is -2.39. The minimum absolute atomic E-state index is 0.0115. The summed E-state index contributed by atoms with van der Waals surface area (Å²) in [5.74, 6) is -4.45. The van der Waals surface area contributed by atoms with Gasteiger partial charge in [0.2, 0.25) is 0 Å². The van der Waals surface area contributed by atoms with Crippen LogP contribution in [0.15, 0.2) is 28.8 Å². The number of pyridine rings is 1. The molecule has 4 rings (SSSR count). The number of halogens is 3. The molecule has 1 atom stereocenters. The van der Waals surface area contributed by atoms with Crippen LogP contribution in [0.5, 0.6) is 0 Å². The number of rotatable bonds is 2. The van der Waals surface area contributed by atoms with Crippen LogP contribution in [-0.4, -0.2) is 52.2 Å². The predicted molar refractivity (Wildman–Crippen MR) is 112 cm³/mol. The zero-order valence-electron chi connectivity index (χ0n) is 18.2. The molecular formula is C22H23F3N4O3. The number of anilines is 1.